The second-order valence-electron chi connectivity index (χ2n) is 5.89. The smallest absolute Gasteiger partial charge is 0.334 e. The van der Waals surface area contributed by atoms with Gasteiger partial charge in [0, 0.05) is 25.8 Å². The Morgan fingerprint density at radius 2 is 2.08 bits per heavy atom. The fourth-order valence-corrected chi connectivity index (χ4v) is 2.63. The minimum Gasteiger partial charge on any atom is -0.334 e. The quantitative estimate of drug-likeness (QED) is 0.845. The summed E-state index contributed by atoms with van der Waals surface area (Å²) >= 11 is 0. The molecule has 0 aliphatic carbocycles. The van der Waals surface area contributed by atoms with Crippen molar-refractivity contribution >= 4 is 29.9 Å². The lowest BCUT2D eigenvalue weighted by Crippen LogP contribution is -2.38. The molecular weight excluding hydrogens is 359 g/mol. The molecular formula is C16H21ClF3N3O2. The highest BCUT2D eigenvalue weighted by Crippen LogP contribution is 2.20. The predicted octanol–water partition coefficient (Wildman–Crippen LogP) is 2.57. The lowest BCUT2D eigenvalue weighted by atomic mass is 9.99. The van der Waals surface area contributed by atoms with Crippen molar-refractivity contribution in [1.29, 1.82) is 0 Å². The first-order valence-electron chi connectivity index (χ1n) is 7.70. The van der Waals surface area contributed by atoms with Gasteiger partial charge in [0.15, 0.2) is 0 Å². The van der Waals surface area contributed by atoms with Gasteiger partial charge in [-0.3, -0.25) is 9.59 Å². The van der Waals surface area contributed by atoms with E-state index in [1.54, 1.807) is 24.3 Å². The van der Waals surface area contributed by atoms with Crippen molar-refractivity contribution in [3.63, 3.8) is 0 Å². The van der Waals surface area contributed by atoms with Crippen LogP contribution in [0.1, 0.15) is 18.4 Å². The van der Waals surface area contributed by atoms with Crippen LogP contribution in [0.25, 0.3) is 0 Å². The number of carbonyl (C=O) groups is 2. The van der Waals surface area contributed by atoms with Crippen molar-refractivity contribution in [3.05, 3.63) is 29.8 Å². The zero-order valence-electron chi connectivity index (χ0n) is 13.7. The van der Waals surface area contributed by atoms with Crippen LogP contribution < -0.4 is 10.6 Å². The third-order valence-corrected chi connectivity index (χ3v) is 3.87. The van der Waals surface area contributed by atoms with E-state index >= 15 is 0 Å². The van der Waals surface area contributed by atoms with Crippen molar-refractivity contribution in [1.82, 2.24) is 10.2 Å². The second kappa shape index (κ2) is 9.05. The van der Waals surface area contributed by atoms with Gasteiger partial charge in [-0.15, -0.1) is 12.4 Å². The van der Waals surface area contributed by atoms with Gasteiger partial charge in [0.25, 0.3) is 0 Å². The Labute approximate surface area is 150 Å². The van der Waals surface area contributed by atoms with Gasteiger partial charge in [-0.25, -0.2) is 0 Å². The Hall–Kier alpha value is -1.80. The number of carbonyl (C=O) groups excluding carboxylic acids is 2. The summed E-state index contributed by atoms with van der Waals surface area (Å²) in [7, 11) is 1.09. The number of nitrogens with one attached hydrogen (secondary N) is 2. The normalized spacial score (nSPS) is 17.4. The van der Waals surface area contributed by atoms with Crippen LogP contribution in [0, 0.1) is 5.92 Å². The molecule has 2 amide bonds. The molecule has 1 aromatic rings. The monoisotopic (exact) mass is 379 g/mol. The van der Waals surface area contributed by atoms with Gasteiger partial charge in [0.05, 0.1) is 5.92 Å². The fraction of sp³-hybridized carbons (Fsp3) is 0.500. The van der Waals surface area contributed by atoms with Gasteiger partial charge in [-0.2, -0.15) is 13.2 Å². The zero-order valence-corrected chi connectivity index (χ0v) is 14.5. The van der Waals surface area contributed by atoms with E-state index in [9.17, 15) is 22.8 Å². The van der Waals surface area contributed by atoms with Crippen LogP contribution in [-0.2, 0) is 16.1 Å². The molecule has 1 saturated heterocycles. The van der Waals surface area contributed by atoms with Crippen LogP contribution in [0.5, 0.6) is 0 Å². The molecule has 2 rings (SSSR count). The van der Waals surface area contributed by atoms with Crippen LogP contribution in [0.4, 0.5) is 18.9 Å². The summed E-state index contributed by atoms with van der Waals surface area (Å²) in [6.45, 7) is 1.33. The van der Waals surface area contributed by atoms with Gasteiger partial charge in [0.2, 0.25) is 5.91 Å². The molecule has 0 saturated carbocycles. The summed E-state index contributed by atoms with van der Waals surface area (Å²) < 4.78 is 37.2. The molecule has 1 aliphatic rings. The summed E-state index contributed by atoms with van der Waals surface area (Å²) in [6.07, 6.45) is -3.15. The lowest BCUT2D eigenvalue weighted by molar-refractivity contribution is -0.184. The molecule has 1 heterocycles. The van der Waals surface area contributed by atoms with E-state index in [4.69, 9.17) is 0 Å². The standard InChI is InChI=1S/C16H20F3N3O2.ClH/c1-22(15(24)16(17,18)19)10-11-4-2-6-13(8-11)21-14(23)12-5-3-7-20-9-12;/h2,4,6,8,12,20H,3,5,7,9-10H2,1H3,(H,21,23);1H. The Morgan fingerprint density at radius 3 is 2.68 bits per heavy atom. The molecule has 1 atom stereocenters. The molecule has 0 spiro atoms. The zero-order chi connectivity index (χ0) is 17.7. The van der Waals surface area contributed by atoms with Crippen LogP contribution in [-0.4, -0.2) is 43.0 Å². The Bertz CT molecular complexity index is 605. The molecule has 9 heteroatoms. The van der Waals surface area contributed by atoms with E-state index in [1.165, 1.54) is 0 Å². The number of halogens is 4. The first-order chi connectivity index (χ1) is 11.3. The number of rotatable bonds is 4. The van der Waals surface area contributed by atoms with Gasteiger partial charge in [-0.1, -0.05) is 12.1 Å². The number of amides is 2. The van der Waals surface area contributed by atoms with Crippen LogP contribution in [0.15, 0.2) is 24.3 Å². The molecule has 1 aromatic carbocycles. The molecule has 2 N–H and O–H groups in total. The summed E-state index contributed by atoms with van der Waals surface area (Å²) in [6, 6.07) is 6.49. The maximum Gasteiger partial charge on any atom is 0.471 e. The van der Waals surface area contributed by atoms with Gasteiger partial charge in [-0.05, 0) is 37.1 Å². The third kappa shape index (κ3) is 6.21. The van der Waals surface area contributed by atoms with Crippen LogP contribution >= 0.6 is 12.4 Å². The molecule has 5 nitrogen and oxygen atoms in total. The molecule has 1 unspecified atom stereocenters. The lowest BCUT2D eigenvalue weighted by Gasteiger charge is -2.22. The molecule has 140 valence electrons. The first kappa shape index (κ1) is 21.2. The largest absolute Gasteiger partial charge is 0.471 e. The summed E-state index contributed by atoms with van der Waals surface area (Å²) in [5, 5.41) is 5.93. The van der Waals surface area contributed by atoms with Gasteiger partial charge in [0.1, 0.15) is 0 Å². The number of hydrogen-bond donors (Lipinski definition) is 2. The average Bonchev–Trinajstić information content (AvgIpc) is 2.54. The fourth-order valence-electron chi connectivity index (χ4n) is 2.63. The number of piperidine rings is 1. The maximum atomic E-state index is 12.4. The second-order valence-corrected chi connectivity index (χ2v) is 5.89. The Morgan fingerprint density at radius 1 is 1.36 bits per heavy atom. The molecule has 0 bridgehead atoms. The van der Waals surface area contributed by atoms with Crippen molar-refractivity contribution in [2.45, 2.75) is 25.6 Å². The highest BCUT2D eigenvalue weighted by atomic mass is 35.5. The number of nitrogens with zero attached hydrogens (tertiary/aromatic N) is 1. The van der Waals surface area contributed by atoms with Gasteiger partial charge >= 0.3 is 12.1 Å². The van der Waals surface area contributed by atoms with E-state index in [2.05, 4.69) is 10.6 Å². The molecule has 1 aliphatic heterocycles. The van der Waals surface area contributed by atoms with Crippen molar-refractivity contribution < 1.29 is 22.8 Å². The predicted molar refractivity (Wildman–Crippen MR) is 90.4 cm³/mol. The van der Waals surface area contributed by atoms with Crippen LogP contribution in [0.3, 0.4) is 0 Å². The third-order valence-electron chi connectivity index (χ3n) is 3.87. The number of benzene rings is 1. The van der Waals surface area contributed by atoms with E-state index < -0.39 is 12.1 Å². The molecule has 1 fully saturated rings. The summed E-state index contributed by atoms with van der Waals surface area (Å²) in [4.78, 5) is 23.9. The summed E-state index contributed by atoms with van der Waals surface area (Å²) in [5.41, 5.74) is 1.02. The molecule has 25 heavy (non-hydrogen) atoms. The summed E-state index contributed by atoms with van der Waals surface area (Å²) in [5.74, 6) is -2.12. The Kier molecular flexibility index (Phi) is 7.69. The minimum atomic E-state index is -4.89. The topological polar surface area (TPSA) is 61.4 Å². The van der Waals surface area contributed by atoms with Crippen molar-refractivity contribution in [2.75, 3.05) is 25.5 Å². The SMILES string of the molecule is CN(Cc1cccc(NC(=O)C2CCCNC2)c1)C(=O)C(F)(F)F.Cl. The maximum absolute atomic E-state index is 12.4. The highest BCUT2D eigenvalue weighted by molar-refractivity contribution is 5.92. The average molecular weight is 380 g/mol. The van der Waals surface area contributed by atoms with E-state index in [0.29, 0.717) is 22.7 Å². The number of alkyl halides is 3. The molecule has 0 aromatic heterocycles. The van der Waals surface area contributed by atoms with E-state index in [1.807, 2.05) is 0 Å². The highest BCUT2D eigenvalue weighted by Gasteiger charge is 2.41. The molecule has 0 radical (unpaired) electrons. The van der Waals surface area contributed by atoms with E-state index in [-0.39, 0.29) is 30.8 Å². The first-order valence-corrected chi connectivity index (χ1v) is 7.70. The van der Waals surface area contributed by atoms with E-state index in [0.717, 1.165) is 26.4 Å². The van der Waals surface area contributed by atoms with Crippen molar-refractivity contribution in [3.8, 4) is 0 Å². The number of anilines is 1. The minimum absolute atomic E-state index is 0. The van der Waals surface area contributed by atoms with Crippen LogP contribution in [0.2, 0.25) is 0 Å². The Balaban J connectivity index is 0.00000312. The number of hydrogen-bond acceptors (Lipinski definition) is 3. The van der Waals surface area contributed by atoms with Crippen molar-refractivity contribution in [2.24, 2.45) is 5.92 Å². The van der Waals surface area contributed by atoms with Gasteiger partial charge < -0.3 is 15.5 Å².